The van der Waals surface area contributed by atoms with E-state index in [1.165, 1.54) is 11.1 Å². The molecule has 2 aromatic heterocycles. The van der Waals surface area contributed by atoms with Gasteiger partial charge in [0.05, 0.1) is 6.04 Å². The molecule has 31 heavy (non-hydrogen) atoms. The van der Waals surface area contributed by atoms with Crippen LogP contribution in [0.4, 0.5) is 5.88 Å². The second-order valence-corrected chi connectivity index (χ2v) is 7.39. The van der Waals surface area contributed by atoms with E-state index in [0.717, 1.165) is 11.3 Å². The summed E-state index contributed by atoms with van der Waals surface area (Å²) in [6.45, 7) is 6.39. The first-order valence-corrected chi connectivity index (χ1v) is 10.0. The topological polar surface area (TPSA) is 84.2 Å². The molecule has 1 atom stereocenters. The maximum atomic E-state index is 9.46. The smallest absolute Gasteiger partial charge is 0.266 e. The van der Waals surface area contributed by atoms with Crippen LogP contribution in [0.3, 0.4) is 0 Å². The van der Waals surface area contributed by atoms with E-state index in [1.807, 2.05) is 68.4 Å². The third-order valence-corrected chi connectivity index (χ3v) is 5.11. The highest BCUT2D eigenvalue weighted by Gasteiger charge is 2.19. The number of anilines is 1. The summed E-state index contributed by atoms with van der Waals surface area (Å²) in [7, 11) is 0. The molecule has 2 aromatic carbocycles. The molecule has 0 spiro atoms. The zero-order valence-electron chi connectivity index (χ0n) is 17.7. The average Bonchev–Trinajstić information content (AvgIpc) is 3.42. The van der Waals surface area contributed by atoms with Crippen molar-refractivity contribution in [2.24, 2.45) is 0 Å². The molecule has 0 radical (unpaired) electrons. The van der Waals surface area contributed by atoms with Crippen molar-refractivity contribution in [3.05, 3.63) is 88.8 Å². The van der Waals surface area contributed by atoms with Gasteiger partial charge in [-0.1, -0.05) is 36.4 Å². The van der Waals surface area contributed by atoms with Crippen molar-refractivity contribution in [1.29, 1.82) is 5.26 Å². The molecule has 0 fully saturated rings. The minimum atomic E-state index is -0.0485. The van der Waals surface area contributed by atoms with Crippen LogP contribution in [0.5, 0.6) is 5.75 Å². The van der Waals surface area contributed by atoms with Gasteiger partial charge in [-0.3, -0.25) is 0 Å². The summed E-state index contributed by atoms with van der Waals surface area (Å²) in [5.74, 6) is 2.42. The minimum Gasteiger partial charge on any atom is -0.486 e. The van der Waals surface area contributed by atoms with E-state index in [0.29, 0.717) is 17.4 Å². The highest BCUT2D eigenvalue weighted by molar-refractivity contribution is 5.55. The maximum Gasteiger partial charge on any atom is 0.266 e. The minimum absolute atomic E-state index is 0.0485. The standard InChI is InChI=1S/C25H23N3O3/c1-16-9-10-20(13-17(16)2)29-15-21-11-12-23(30-21)25-28-22(14-26)24(31-25)27-18(3)19-7-5-4-6-8-19/h4-13,18,27H,15H2,1-3H3/t18-/m0/s1. The van der Waals surface area contributed by atoms with Crippen LogP contribution >= 0.6 is 0 Å². The summed E-state index contributed by atoms with van der Waals surface area (Å²) in [5, 5.41) is 12.7. The number of benzene rings is 2. The van der Waals surface area contributed by atoms with E-state index in [2.05, 4.69) is 23.3 Å². The Bertz CT molecular complexity index is 1220. The highest BCUT2D eigenvalue weighted by atomic mass is 16.5. The molecule has 4 aromatic rings. The van der Waals surface area contributed by atoms with Crippen LogP contribution in [0.25, 0.3) is 11.7 Å². The molecule has 0 aliphatic heterocycles. The predicted molar refractivity (Wildman–Crippen MR) is 118 cm³/mol. The van der Waals surface area contributed by atoms with E-state index in [4.69, 9.17) is 13.6 Å². The molecule has 6 heteroatoms. The van der Waals surface area contributed by atoms with Crippen LogP contribution in [-0.4, -0.2) is 4.98 Å². The zero-order chi connectivity index (χ0) is 21.8. The Hall–Kier alpha value is -3.98. The van der Waals surface area contributed by atoms with Gasteiger partial charge in [-0.25, -0.2) is 0 Å². The number of nitriles is 1. The molecule has 0 saturated carbocycles. The first kappa shape index (κ1) is 20.3. The molecular formula is C25H23N3O3. The number of furan rings is 1. The Morgan fingerprint density at radius 3 is 2.58 bits per heavy atom. The summed E-state index contributed by atoms with van der Waals surface area (Å²) in [4.78, 5) is 4.27. The van der Waals surface area contributed by atoms with Gasteiger partial charge in [0, 0.05) is 0 Å². The molecule has 0 saturated heterocycles. The molecule has 4 rings (SSSR count). The molecule has 1 N–H and O–H groups in total. The Morgan fingerprint density at radius 1 is 1.03 bits per heavy atom. The van der Waals surface area contributed by atoms with Gasteiger partial charge in [0.2, 0.25) is 11.6 Å². The number of rotatable bonds is 7. The molecule has 0 aliphatic carbocycles. The molecule has 6 nitrogen and oxygen atoms in total. The van der Waals surface area contributed by atoms with Crippen molar-refractivity contribution < 1.29 is 13.6 Å². The predicted octanol–water partition coefficient (Wildman–Crippen LogP) is 6.18. The molecule has 0 aliphatic rings. The van der Waals surface area contributed by atoms with Gasteiger partial charge in [-0.05, 0) is 61.7 Å². The number of nitrogens with zero attached hydrogens (tertiary/aromatic N) is 2. The number of hydrogen-bond donors (Lipinski definition) is 1. The fraction of sp³-hybridized carbons (Fsp3) is 0.200. The fourth-order valence-corrected chi connectivity index (χ4v) is 3.15. The average molecular weight is 413 g/mol. The zero-order valence-corrected chi connectivity index (χ0v) is 17.7. The van der Waals surface area contributed by atoms with Gasteiger partial charge in [-0.2, -0.15) is 10.2 Å². The third kappa shape index (κ3) is 4.62. The van der Waals surface area contributed by atoms with Crippen LogP contribution in [0.15, 0.2) is 69.5 Å². The summed E-state index contributed by atoms with van der Waals surface area (Å²) >= 11 is 0. The lowest BCUT2D eigenvalue weighted by Gasteiger charge is -2.12. The van der Waals surface area contributed by atoms with Gasteiger partial charge in [-0.15, -0.1) is 0 Å². The largest absolute Gasteiger partial charge is 0.486 e. The van der Waals surface area contributed by atoms with Crippen molar-refractivity contribution in [3.63, 3.8) is 0 Å². The lowest BCUT2D eigenvalue weighted by molar-refractivity contribution is 0.271. The molecule has 0 unspecified atom stereocenters. The molecule has 0 bridgehead atoms. The molecule has 156 valence electrons. The van der Waals surface area contributed by atoms with Crippen molar-refractivity contribution >= 4 is 5.88 Å². The van der Waals surface area contributed by atoms with Crippen LogP contribution < -0.4 is 10.1 Å². The van der Waals surface area contributed by atoms with E-state index in [9.17, 15) is 5.26 Å². The summed E-state index contributed by atoms with van der Waals surface area (Å²) in [6, 6.07) is 21.5. The van der Waals surface area contributed by atoms with Crippen LogP contribution in [0.1, 0.15) is 41.1 Å². The van der Waals surface area contributed by atoms with Gasteiger partial charge in [0.15, 0.2) is 5.76 Å². The summed E-state index contributed by atoms with van der Waals surface area (Å²) in [6.07, 6.45) is 0. The normalized spacial score (nSPS) is 11.7. The van der Waals surface area contributed by atoms with E-state index in [1.54, 1.807) is 6.07 Å². The first-order chi connectivity index (χ1) is 15.0. The van der Waals surface area contributed by atoms with Crippen molar-refractivity contribution in [2.45, 2.75) is 33.4 Å². The van der Waals surface area contributed by atoms with Gasteiger partial charge in [0.1, 0.15) is 24.2 Å². The fourth-order valence-electron chi connectivity index (χ4n) is 3.15. The Balaban J connectivity index is 1.47. The summed E-state index contributed by atoms with van der Waals surface area (Å²) in [5.41, 5.74) is 3.65. The SMILES string of the molecule is Cc1ccc(OCc2ccc(-c3nc(C#N)c(N[C@@H](C)c4ccccc4)o3)o2)cc1C. The lowest BCUT2D eigenvalue weighted by Crippen LogP contribution is -2.06. The lowest BCUT2D eigenvalue weighted by atomic mass is 10.1. The van der Waals surface area contributed by atoms with E-state index >= 15 is 0 Å². The maximum absolute atomic E-state index is 9.46. The van der Waals surface area contributed by atoms with E-state index in [-0.39, 0.29) is 24.2 Å². The number of aromatic nitrogens is 1. The van der Waals surface area contributed by atoms with Crippen LogP contribution in [0.2, 0.25) is 0 Å². The number of ether oxygens (including phenoxy) is 1. The van der Waals surface area contributed by atoms with Crippen molar-refractivity contribution in [1.82, 2.24) is 4.98 Å². The molecular weight excluding hydrogens is 390 g/mol. The molecule has 2 heterocycles. The number of hydrogen-bond acceptors (Lipinski definition) is 6. The van der Waals surface area contributed by atoms with Gasteiger partial charge in [0.25, 0.3) is 5.89 Å². The van der Waals surface area contributed by atoms with Crippen LogP contribution in [0, 0.1) is 25.2 Å². The van der Waals surface area contributed by atoms with Crippen molar-refractivity contribution in [3.8, 4) is 23.5 Å². The molecule has 0 amide bonds. The van der Waals surface area contributed by atoms with Gasteiger partial charge >= 0.3 is 0 Å². The van der Waals surface area contributed by atoms with Gasteiger partial charge < -0.3 is 18.9 Å². The van der Waals surface area contributed by atoms with Crippen molar-refractivity contribution in [2.75, 3.05) is 5.32 Å². The second kappa shape index (κ2) is 8.80. The quantitative estimate of drug-likeness (QED) is 0.390. The number of nitrogens with one attached hydrogen (secondary N) is 1. The Kier molecular flexibility index (Phi) is 5.76. The monoisotopic (exact) mass is 413 g/mol. The third-order valence-electron chi connectivity index (χ3n) is 5.11. The Morgan fingerprint density at radius 2 is 1.84 bits per heavy atom. The van der Waals surface area contributed by atoms with E-state index < -0.39 is 0 Å². The number of oxazole rings is 1. The van der Waals surface area contributed by atoms with Crippen LogP contribution in [-0.2, 0) is 6.61 Å². The second-order valence-electron chi connectivity index (χ2n) is 7.39. The summed E-state index contributed by atoms with van der Waals surface area (Å²) < 4.78 is 17.5. The first-order valence-electron chi connectivity index (χ1n) is 10.0. The number of aryl methyl sites for hydroxylation is 2. The highest BCUT2D eigenvalue weighted by Crippen LogP contribution is 2.30. The Labute approximate surface area is 181 Å².